The highest BCUT2D eigenvalue weighted by Gasteiger charge is 2.36. The maximum absolute atomic E-state index is 13.0. The van der Waals surface area contributed by atoms with Crippen LogP contribution in [0, 0.1) is 5.92 Å². The average molecular weight is 624 g/mol. The number of H-pyrrole nitrogens is 2. The van der Waals surface area contributed by atoms with E-state index < -0.39 is 11.6 Å². The van der Waals surface area contributed by atoms with Gasteiger partial charge in [0.05, 0.1) is 41.9 Å². The lowest BCUT2D eigenvalue weighted by Gasteiger charge is -2.27. The zero-order valence-corrected chi connectivity index (χ0v) is 27.4. The van der Waals surface area contributed by atoms with Gasteiger partial charge in [-0.2, -0.15) is 0 Å². The van der Waals surface area contributed by atoms with Crippen LogP contribution < -0.4 is 5.73 Å². The summed E-state index contributed by atoms with van der Waals surface area (Å²) in [4.78, 5) is 45.6. The lowest BCUT2D eigenvalue weighted by molar-refractivity contribution is -0.134. The number of amides is 2. The molecule has 0 aliphatic carbocycles. The Morgan fingerprint density at radius 2 is 1.22 bits per heavy atom. The van der Waals surface area contributed by atoms with Gasteiger partial charge in [0.1, 0.15) is 17.2 Å². The number of carbonyl (C=O) groups excluding carboxylic acids is 2. The summed E-state index contributed by atoms with van der Waals surface area (Å²) in [6.07, 6.45) is 6.98. The molecule has 0 spiro atoms. The Morgan fingerprint density at radius 1 is 0.783 bits per heavy atom. The molecule has 4 heterocycles. The molecule has 2 aromatic heterocycles. The molecule has 2 aliphatic rings. The van der Waals surface area contributed by atoms with Crippen molar-refractivity contribution in [1.29, 1.82) is 0 Å². The molecule has 0 unspecified atom stereocenters. The first kappa shape index (κ1) is 31.5. The summed E-state index contributed by atoms with van der Waals surface area (Å²) in [6.45, 7) is 11.0. The van der Waals surface area contributed by atoms with Gasteiger partial charge in [0.25, 0.3) is 0 Å². The first-order chi connectivity index (χ1) is 22.0. The molecular formula is C36H45N7O3. The quantitative estimate of drug-likeness (QED) is 0.206. The van der Waals surface area contributed by atoms with E-state index in [1.807, 2.05) is 51.9 Å². The number of ether oxygens (including phenoxy) is 1. The number of aromatic amines is 2. The van der Waals surface area contributed by atoms with E-state index in [2.05, 4.69) is 68.5 Å². The zero-order chi connectivity index (χ0) is 32.6. The van der Waals surface area contributed by atoms with Gasteiger partial charge < -0.3 is 25.3 Å². The summed E-state index contributed by atoms with van der Waals surface area (Å²) in [7, 11) is 0. The van der Waals surface area contributed by atoms with E-state index in [4.69, 9.17) is 10.5 Å². The fourth-order valence-electron chi connectivity index (χ4n) is 6.37. The highest BCUT2D eigenvalue weighted by atomic mass is 16.6. The van der Waals surface area contributed by atoms with Gasteiger partial charge in [0.15, 0.2) is 0 Å². The third-order valence-electron chi connectivity index (χ3n) is 8.97. The molecule has 4 N–H and O–H groups in total. The van der Waals surface area contributed by atoms with E-state index in [-0.39, 0.29) is 30.0 Å². The molecule has 10 nitrogen and oxygen atoms in total. The third-order valence-corrected chi connectivity index (χ3v) is 8.97. The van der Waals surface area contributed by atoms with E-state index in [1.54, 1.807) is 4.90 Å². The number of nitrogens with zero attached hydrogens (tertiary/aromatic N) is 4. The summed E-state index contributed by atoms with van der Waals surface area (Å²) >= 11 is 0. The first-order valence-electron chi connectivity index (χ1n) is 16.4. The molecule has 4 aromatic rings. The Bertz CT molecular complexity index is 1670. The maximum atomic E-state index is 13.0. The predicted octanol–water partition coefficient (Wildman–Crippen LogP) is 6.85. The maximum Gasteiger partial charge on any atom is 0.410 e. The van der Waals surface area contributed by atoms with Crippen molar-refractivity contribution < 1.29 is 14.3 Å². The van der Waals surface area contributed by atoms with E-state index >= 15 is 0 Å². The van der Waals surface area contributed by atoms with Crippen LogP contribution in [0.25, 0.3) is 33.6 Å². The molecule has 2 aliphatic heterocycles. The third kappa shape index (κ3) is 6.58. The number of rotatable bonds is 7. The summed E-state index contributed by atoms with van der Waals surface area (Å²) in [5.41, 5.74) is 11.8. The molecule has 2 fully saturated rings. The van der Waals surface area contributed by atoms with Crippen LogP contribution >= 0.6 is 0 Å². The molecule has 3 atom stereocenters. The number of carbonyl (C=O) groups is 2. The Balaban J connectivity index is 1.11. The predicted molar refractivity (Wildman–Crippen MR) is 178 cm³/mol. The lowest BCUT2D eigenvalue weighted by atomic mass is 10.0. The van der Waals surface area contributed by atoms with Gasteiger partial charge in [0.2, 0.25) is 5.91 Å². The molecule has 2 amide bonds. The molecule has 0 bridgehead atoms. The number of hydrogen-bond acceptors (Lipinski definition) is 6. The van der Waals surface area contributed by atoms with Crippen molar-refractivity contribution in [2.75, 3.05) is 13.1 Å². The van der Waals surface area contributed by atoms with Crippen molar-refractivity contribution in [3.05, 3.63) is 72.6 Å². The average Bonchev–Trinajstić information content (AvgIpc) is 3.85. The number of hydrogen-bond donors (Lipinski definition) is 3. The SMILES string of the molecule is CC(C)[C@@H](N)C(=O)N1CCC[C@H]1c1ncc(-c2ccc(-c3ccc(-c4cnc([C@H]5CCCN5C(=O)OC(C)(C)C)[nH]4)cc3)cc2)[nH]1. The second-order valence-corrected chi connectivity index (χ2v) is 13.8. The first-order valence-corrected chi connectivity index (χ1v) is 16.4. The summed E-state index contributed by atoms with van der Waals surface area (Å²) in [5, 5.41) is 0. The number of nitrogens with one attached hydrogen (secondary N) is 2. The largest absolute Gasteiger partial charge is 0.444 e. The number of imidazole rings is 2. The highest BCUT2D eigenvalue weighted by molar-refractivity contribution is 5.82. The van der Waals surface area contributed by atoms with Crippen LogP contribution in [0.1, 0.15) is 84.0 Å². The highest BCUT2D eigenvalue weighted by Crippen LogP contribution is 2.35. The van der Waals surface area contributed by atoms with Crippen molar-refractivity contribution in [2.24, 2.45) is 11.7 Å². The van der Waals surface area contributed by atoms with Crippen molar-refractivity contribution in [2.45, 2.75) is 84.0 Å². The summed E-state index contributed by atoms with van der Waals surface area (Å²) in [5.74, 6) is 1.68. The van der Waals surface area contributed by atoms with E-state index in [9.17, 15) is 9.59 Å². The molecular weight excluding hydrogens is 578 g/mol. The molecule has 0 saturated carbocycles. The van der Waals surface area contributed by atoms with Crippen molar-refractivity contribution >= 4 is 12.0 Å². The second kappa shape index (κ2) is 12.7. The summed E-state index contributed by atoms with van der Waals surface area (Å²) in [6, 6.07) is 16.1. The van der Waals surface area contributed by atoms with Crippen molar-refractivity contribution in [3.63, 3.8) is 0 Å². The van der Waals surface area contributed by atoms with Crippen LogP contribution in [0.15, 0.2) is 60.9 Å². The van der Waals surface area contributed by atoms with Gasteiger partial charge in [-0.05, 0) is 74.6 Å². The van der Waals surface area contributed by atoms with E-state index in [1.165, 1.54) is 0 Å². The Kier molecular flexibility index (Phi) is 8.74. The van der Waals surface area contributed by atoms with Crippen LogP contribution in [-0.4, -0.2) is 66.5 Å². The number of likely N-dealkylation sites (tertiary alicyclic amines) is 2. The fourth-order valence-corrected chi connectivity index (χ4v) is 6.37. The molecule has 46 heavy (non-hydrogen) atoms. The smallest absolute Gasteiger partial charge is 0.410 e. The van der Waals surface area contributed by atoms with Crippen LogP contribution in [0.2, 0.25) is 0 Å². The van der Waals surface area contributed by atoms with Crippen LogP contribution in [0.5, 0.6) is 0 Å². The number of aromatic nitrogens is 4. The number of benzene rings is 2. The fraction of sp³-hybridized carbons (Fsp3) is 0.444. The molecule has 242 valence electrons. The minimum atomic E-state index is -0.536. The molecule has 6 rings (SSSR count). The minimum absolute atomic E-state index is 0.00236. The normalized spacial score (nSPS) is 19.2. The van der Waals surface area contributed by atoms with Gasteiger partial charge in [0, 0.05) is 13.1 Å². The molecule has 2 saturated heterocycles. The summed E-state index contributed by atoms with van der Waals surface area (Å²) < 4.78 is 5.62. The van der Waals surface area contributed by atoms with Gasteiger partial charge >= 0.3 is 6.09 Å². The Labute approximate surface area is 270 Å². The lowest BCUT2D eigenvalue weighted by Crippen LogP contribution is -2.46. The van der Waals surface area contributed by atoms with Crippen LogP contribution in [-0.2, 0) is 9.53 Å². The minimum Gasteiger partial charge on any atom is -0.444 e. The van der Waals surface area contributed by atoms with Gasteiger partial charge in [-0.1, -0.05) is 62.4 Å². The van der Waals surface area contributed by atoms with Gasteiger partial charge in [-0.15, -0.1) is 0 Å². The van der Waals surface area contributed by atoms with Crippen molar-refractivity contribution in [1.82, 2.24) is 29.7 Å². The molecule has 0 radical (unpaired) electrons. The Hall–Kier alpha value is -4.44. The van der Waals surface area contributed by atoms with Crippen molar-refractivity contribution in [3.8, 4) is 33.6 Å². The topological polar surface area (TPSA) is 133 Å². The van der Waals surface area contributed by atoms with E-state index in [0.717, 1.165) is 71.0 Å². The van der Waals surface area contributed by atoms with E-state index in [0.29, 0.717) is 13.1 Å². The molecule has 2 aromatic carbocycles. The van der Waals surface area contributed by atoms with Crippen LogP contribution in [0.4, 0.5) is 4.79 Å². The standard InChI is InChI=1S/C36H45N7O3/c1-22(2)31(37)34(44)42-18-6-8-29(42)32-38-20-27(40-32)25-14-10-23(11-15-25)24-12-16-26(17-13-24)28-21-39-33(41-28)30-9-7-19-43(30)35(45)46-36(3,4)5/h10-17,20-22,29-31H,6-9,18-19,37H2,1-5H3,(H,38,40)(H,39,41)/t29-,30+,31+/m0/s1. The van der Waals surface area contributed by atoms with Gasteiger partial charge in [-0.3, -0.25) is 9.69 Å². The second-order valence-electron chi connectivity index (χ2n) is 13.8. The Morgan fingerprint density at radius 3 is 1.67 bits per heavy atom. The number of nitrogens with two attached hydrogens (primary N) is 1. The zero-order valence-electron chi connectivity index (χ0n) is 27.4. The van der Waals surface area contributed by atoms with Gasteiger partial charge in [-0.25, -0.2) is 14.8 Å². The monoisotopic (exact) mass is 623 g/mol. The van der Waals surface area contributed by atoms with Crippen LogP contribution in [0.3, 0.4) is 0 Å². The molecule has 10 heteroatoms.